The summed E-state index contributed by atoms with van der Waals surface area (Å²) in [7, 11) is 11.1. The standard InChI is InChI=1S/C26H27N2.C24H31N2.C23H29N2.C23H31N2.C21H25N2/c1-19-16-17-21(20-10-4-3-5-11-20)18-23(19)26-27(2)24-14-8-9-15-25(24)28(26)22-12-6-7-13-22;1-17-14-15-18(24(2,3)4)16-20(17)23-25(5)21-12-8-9-13-22(21)26(23)19-10-6-7-11-19;1-16(2)18-14-13-17(3)20(15-18)23-24(4)21-11-7-8-12-22(21)25(23)19-9-5-6-10-19;1-15(2)18-13-17(4)19(14-16(18)3)22-24(8)20-11-9-10-12-21(20)25(22)23(5,6)7;1-15-12-13-16(2)18(14-15)21-22(3)19-10-6-7-11-20(19)23(21)17-8-4-5-9-17/h3-5,8-11,14-18,22H,6-7,12-13H2,1-2H3;8-9,12-16,19H,6-7,10-11H2,1-5H3;7-8,11-16,19H,5-6,9-10H2,1-4H3;9-15H,1-8H3;6-7,10-14,17H,4-5,8-9H2,1-3H3/q5*+1. The minimum atomic E-state index is 0.00720. The van der Waals surface area contributed by atoms with E-state index in [1.54, 1.807) is 0 Å². The number of benzene rings is 11. The van der Waals surface area contributed by atoms with Crippen molar-refractivity contribution in [3.8, 4) is 68.1 Å². The zero-order valence-corrected chi connectivity index (χ0v) is 80.8. The lowest BCUT2D eigenvalue weighted by Gasteiger charge is -2.20. The molecule has 4 saturated carbocycles. The summed E-state index contributed by atoms with van der Waals surface area (Å²) in [5, 5.41) is 0. The molecule has 0 N–H and O–H groups in total. The highest BCUT2D eigenvalue weighted by Gasteiger charge is 2.39. The summed E-state index contributed by atoms with van der Waals surface area (Å²) >= 11 is 0. The number of hydrogen-bond acceptors (Lipinski definition) is 0. The SMILES string of the molecule is Cc1cc(C(C)C)c(C)cc1-c1n(C(C)(C)C)c2ccccc2[n+]1C.Cc1ccc(-c2ccccc2)cc1-c1n(C2CCCC2)c2ccccc2[n+]1C.Cc1ccc(C(C)(C)C)cc1-c1n(C2CCCC2)c2ccccc2[n+]1C.Cc1ccc(C(C)C)cc1-c1n(C2CCCC2)c2ccccc2[n+]1C.Cc1ccc(C)c(-c2n(C3CCCC3)c3ccccc3[n+]2C)c1. The number of nitrogens with zero attached hydrogens (tertiary/aromatic N) is 10. The second-order valence-corrected chi connectivity index (χ2v) is 40.5. The maximum atomic E-state index is 2.64. The Hall–Kier alpha value is -11.2. The molecular formula is C117H143N10+5. The zero-order valence-electron chi connectivity index (χ0n) is 80.8. The zero-order chi connectivity index (χ0) is 89.6. The number of fused-ring (bicyclic) bond motifs is 5. The Kier molecular flexibility index (Phi) is 26.1. The van der Waals surface area contributed by atoms with Crippen molar-refractivity contribution >= 4 is 55.2 Å². The molecule has 10 heteroatoms. The molecule has 4 fully saturated rings. The first-order valence-electron chi connectivity index (χ1n) is 48.0. The second-order valence-electron chi connectivity index (χ2n) is 40.5. The Balaban J connectivity index is 0.000000117. The average molecular weight is 1690 g/mol. The molecule has 0 aliphatic heterocycles. The fraction of sp³-hybridized carbons (Fsp3) is 0.393. The van der Waals surface area contributed by atoms with Crippen LogP contribution in [-0.4, -0.2) is 22.8 Å². The lowest BCUT2D eigenvalue weighted by atomic mass is 9.85. The van der Waals surface area contributed by atoms with Crippen LogP contribution in [0.25, 0.3) is 123 Å². The molecule has 4 aliphatic carbocycles. The minimum absolute atomic E-state index is 0.00720. The highest BCUT2D eigenvalue weighted by atomic mass is 15.2. The molecule has 10 nitrogen and oxygen atoms in total. The number of para-hydroxylation sites is 10. The van der Waals surface area contributed by atoms with E-state index in [0.29, 0.717) is 36.0 Å². The van der Waals surface area contributed by atoms with Gasteiger partial charge in [-0.2, -0.15) is 0 Å². The van der Waals surface area contributed by atoms with Crippen molar-refractivity contribution in [3.05, 3.63) is 292 Å². The molecule has 0 atom stereocenters. The number of rotatable bonds is 12. The predicted octanol–water partition coefficient (Wildman–Crippen LogP) is 28.2. The summed E-state index contributed by atoms with van der Waals surface area (Å²) < 4.78 is 24.9. The van der Waals surface area contributed by atoms with Crippen LogP contribution in [0.1, 0.15) is 264 Å². The first kappa shape index (κ1) is 89.2. The maximum Gasteiger partial charge on any atom is 0.290 e. The predicted molar refractivity (Wildman–Crippen MR) is 533 cm³/mol. The van der Waals surface area contributed by atoms with Crippen molar-refractivity contribution in [2.45, 2.75) is 267 Å². The van der Waals surface area contributed by atoms with Crippen LogP contribution in [0.5, 0.6) is 0 Å². The minimum Gasteiger partial charge on any atom is -0.226 e. The Labute approximate surface area is 758 Å². The van der Waals surface area contributed by atoms with Crippen LogP contribution in [0.4, 0.5) is 0 Å². The van der Waals surface area contributed by atoms with Crippen molar-refractivity contribution in [1.29, 1.82) is 0 Å². The Morgan fingerprint density at radius 3 is 0.984 bits per heavy atom. The van der Waals surface area contributed by atoms with Gasteiger partial charge in [0.1, 0.15) is 29.7 Å². The van der Waals surface area contributed by atoms with E-state index in [1.165, 1.54) is 282 Å². The van der Waals surface area contributed by atoms with Gasteiger partial charge in [-0.15, -0.1) is 0 Å². The van der Waals surface area contributed by atoms with Gasteiger partial charge in [-0.05, 0) is 341 Å². The van der Waals surface area contributed by atoms with Gasteiger partial charge in [0.2, 0.25) is 0 Å². The molecule has 0 radical (unpaired) electrons. The van der Waals surface area contributed by atoms with E-state index in [-0.39, 0.29) is 11.0 Å². The van der Waals surface area contributed by atoms with Gasteiger partial charge in [0.05, 0.1) is 63.1 Å². The van der Waals surface area contributed by atoms with Gasteiger partial charge in [-0.1, -0.05) is 200 Å². The fourth-order valence-corrected chi connectivity index (χ4v) is 22.0. The van der Waals surface area contributed by atoms with Crippen LogP contribution >= 0.6 is 0 Å². The monoisotopic (exact) mass is 1690 g/mol. The van der Waals surface area contributed by atoms with E-state index in [1.807, 2.05) is 0 Å². The van der Waals surface area contributed by atoms with Crippen molar-refractivity contribution in [1.82, 2.24) is 22.8 Å². The van der Waals surface area contributed by atoms with Gasteiger partial charge in [-0.3, -0.25) is 0 Å². The number of aromatic nitrogens is 10. The van der Waals surface area contributed by atoms with E-state index < -0.39 is 0 Å². The molecule has 0 saturated heterocycles. The van der Waals surface area contributed by atoms with Gasteiger partial charge in [-0.25, -0.2) is 45.7 Å². The van der Waals surface area contributed by atoms with E-state index in [9.17, 15) is 0 Å². The van der Waals surface area contributed by atoms with Crippen LogP contribution in [-0.2, 0) is 46.2 Å². The van der Waals surface area contributed by atoms with Crippen LogP contribution in [0, 0.1) is 48.5 Å². The Morgan fingerprint density at radius 2 is 0.598 bits per heavy atom. The lowest BCUT2D eigenvalue weighted by Crippen LogP contribution is -2.33. The molecule has 20 rings (SSSR count). The van der Waals surface area contributed by atoms with Crippen LogP contribution in [0.2, 0.25) is 0 Å². The number of aryl methyl sites for hydroxylation is 12. The van der Waals surface area contributed by atoms with E-state index in [2.05, 4.69) is 435 Å². The summed E-state index contributed by atoms with van der Waals surface area (Å²) in [6, 6.07) is 89.8. The van der Waals surface area contributed by atoms with Crippen molar-refractivity contribution in [3.63, 3.8) is 0 Å². The molecule has 5 aromatic heterocycles. The fourth-order valence-electron chi connectivity index (χ4n) is 22.0. The third-order valence-corrected chi connectivity index (χ3v) is 28.8. The third kappa shape index (κ3) is 17.6. The summed E-state index contributed by atoms with van der Waals surface area (Å²) in [6.07, 6.45) is 21.1. The van der Waals surface area contributed by atoms with E-state index in [0.717, 1.165) is 0 Å². The van der Waals surface area contributed by atoms with Gasteiger partial charge in [0, 0.05) is 0 Å². The molecule has 16 aromatic rings. The maximum absolute atomic E-state index is 2.64. The van der Waals surface area contributed by atoms with Crippen molar-refractivity contribution < 1.29 is 22.8 Å². The molecule has 0 amide bonds. The highest BCUT2D eigenvalue weighted by Crippen LogP contribution is 2.44. The molecule has 127 heavy (non-hydrogen) atoms. The van der Waals surface area contributed by atoms with E-state index in [4.69, 9.17) is 0 Å². The quantitative estimate of drug-likeness (QED) is 0.109. The van der Waals surface area contributed by atoms with Gasteiger partial charge in [0.15, 0.2) is 55.2 Å². The molecule has 0 bridgehead atoms. The molecule has 0 unspecified atom stereocenters. The summed E-state index contributed by atoms with van der Waals surface area (Å²) in [5.74, 6) is 7.81. The van der Waals surface area contributed by atoms with Crippen LogP contribution < -0.4 is 22.8 Å². The third-order valence-electron chi connectivity index (χ3n) is 28.8. The van der Waals surface area contributed by atoms with E-state index >= 15 is 0 Å². The van der Waals surface area contributed by atoms with Crippen molar-refractivity contribution in [2.24, 2.45) is 35.2 Å². The van der Waals surface area contributed by atoms with Gasteiger partial charge >= 0.3 is 0 Å². The average Bonchev–Trinajstić information content (AvgIpc) is 1.59. The molecule has 5 heterocycles. The molecule has 11 aromatic carbocycles. The highest BCUT2D eigenvalue weighted by molar-refractivity contribution is 5.83. The summed E-state index contributed by atoms with van der Waals surface area (Å²) in [4.78, 5) is 0. The molecule has 0 spiro atoms. The molecular weight excluding hydrogens is 1550 g/mol. The first-order chi connectivity index (χ1) is 61.0. The van der Waals surface area contributed by atoms with Crippen LogP contribution in [0.15, 0.2) is 237 Å². The number of imidazole rings is 5. The second kappa shape index (κ2) is 37.2. The lowest BCUT2D eigenvalue weighted by molar-refractivity contribution is -0.634. The Bertz CT molecular complexity index is 6660. The Morgan fingerprint density at radius 1 is 0.276 bits per heavy atom. The van der Waals surface area contributed by atoms with Crippen LogP contribution in [0.3, 0.4) is 0 Å². The summed E-state index contributed by atoms with van der Waals surface area (Å²) in [6.45, 7) is 38.5. The topological polar surface area (TPSA) is 44.0 Å². The largest absolute Gasteiger partial charge is 0.290 e. The van der Waals surface area contributed by atoms with Gasteiger partial charge in [0.25, 0.3) is 29.1 Å². The summed E-state index contributed by atoms with van der Waals surface area (Å²) in [5.41, 5.74) is 36.6. The molecule has 4 aliphatic rings. The van der Waals surface area contributed by atoms with Crippen molar-refractivity contribution in [2.75, 3.05) is 0 Å². The molecule has 656 valence electrons. The normalized spacial score (nSPS) is 14.8. The first-order valence-corrected chi connectivity index (χ1v) is 48.0. The van der Waals surface area contributed by atoms with Gasteiger partial charge < -0.3 is 0 Å². The number of hydrogen-bond donors (Lipinski definition) is 0. The smallest absolute Gasteiger partial charge is 0.226 e.